The molecule has 0 aliphatic heterocycles. The van der Waals surface area contributed by atoms with Gasteiger partial charge in [-0.15, -0.1) is 0 Å². The van der Waals surface area contributed by atoms with Crippen LogP contribution in [0.3, 0.4) is 0 Å². The Morgan fingerprint density at radius 2 is 2.25 bits per heavy atom. The number of rotatable bonds is 4. The molecule has 0 amide bonds. The van der Waals surface area contributed by atoms with E-state index in [0.717, 1.165) is 5.56 Å². The van der Waals surface area contributed by atoms with Crippen molar-refractivity contribution in [3.05, 3.63) is 35.9 Å². The fraction of sp³-hybridized carbons (Fsp3) is 0.462. The van der Waals surface area contributed by atoms with Gasteiger partial charge < -0.3 is 10.1 Å². The number of hydrogen-bond acceptors (Lipinski definition) is 3. The molecule has 16 heavy (non-hydrogen) atoms. The Labute approximate surface area is 96.8 Å². The molecular formula is C13H17NO2. The van der Waals surface area contributed by atoms with Crippen molar-refractivity contribution in [2.75, 3.05) is 6.54 Å². The number of carbonyl (C=O) groups is 1. The number of carbonyl (C=O) groups excluding carboxylic acids is 1. The zero-order valence-corrected chi connectivity index (χ0v) is 9.96. The highest BCUT2D eigenvalue weighted by Crippen LogP contribution is 2.06. The summed E-state index contributed by atoms with van der Waals surface area (Å²) < 4.78 is 5.16. The van der Waals surface area contributed by atoms with Crippen molar-refractivity contribution in [3.8, 4) is 0 Å². The van der Waals surface area contributed by atoms with Crippen LogP contribution in [-0.2, 0) is 16.1 Å². The van der Waals surface area contributed by atoms with Gasteiger partial charge in [0.1, 0.15) is 5.60 Å². The molecule has 0 saturated heterocycles. The molecule has 0 saturated carbocycles. The lowest BCUT2D eigenvalue weighted by Gasteiger charge is -2.19. The van der Waals surface area contributed by atoms with Crippen molar-refractivity contribution < 1.29 is 9.53 Å². The predicted octanol–water partition coefficient (Wildman–Crippen LogP) is 1.72. The molecule has 0 spiro atoms. The molecule has 0 aliphatic carbocycles. The van der Waals surface area contributed by atoms with Gasteiger partial charge in [-0.3, -0.25) is 4.79 Å². The molecule has 0 heterocycles. The van der Waals surface area contributed by atoms with Gasteiger partial charge in [-0.1, -0.05) is 18.2 Å². The molecule has 0 atom stereocenters. The maximum atomic E-state index is 11.3. The molecule has 1 aromatic rings. The third-order valence-corrected chi connectivity index (χ3v) is 1.71. The van der Waals surface area contributed by atoms with E-state index < -0.39 is 5.60 Å². The first kappa shape index (κ1) is 12.5. The lowest BCUT2D eigenvalue weighted by molar-refractivity contribution is -0.153. The average molecular weight is 219 g/mol. The van der Waals surface area contributed by atoms with Crippen LogP contribution in [0.15, 0.2) is 18.2 Å². The Morgan fingerprint density at radius 3 is 2.81 bits per heavy atom. The van der Waals surface area contributed by atoms with Crippen LogP contribution in [0.4, 0.5) is 0 Å². The van der Waals surface area contributed by atoms with Gasteiger partial charge in [-0.05, 0) is 32.9 Å². The zero-order valence-electron chi connectivity index (χ0n) is 9.96. The Morgan fingerprint density at radius 1 is 1.50 bits per heavy atom. The lowest BCUT2D eigenvalue weighted by Crippen LogP contribution is -2.31. The van der Waals surface area contributed by atoms with Crippen LogP contribution in [-0.4, -0.2) is 18.1 Å². The summed E-state index contributed by atoms with van der Waals surface area (Å²) in [7, 11) is 0. The van der Waals surface area contributed by atoms with Crippen LogP contribution in [0, 0.1) is 12.1 Å². The maximum Gasteiger partial charge on any atom is 0.320 e. The summed E-state index contributed by atoms with van der Waals surface area (Å²) in [6.45, 7) is 6.36. The largest absolute Gasteiger partial charge is 0.459 e. The Balaban J connectivity index is 2.24. The zero-order chi connectivity index (χ0) is 12.0. The summed E-state index contributed by atoms with van der Waals surface area (Å²) in [5.74, 6) is -0.243. The summed E-state index contributed by atoms with van der Waals surface area (Å²) in [4.78, 5) is 11.3. The van der Waals surface area contributed by atoms with E-state index in [2.05, 4.69) is 17.4 Å². The van der Waals surface area contributed by atoms with Crippen molar-refractivity contribution in [1.82, 2.24) is 5.32 Å². The monoisotopic (exact) mass is 219 g/mol. The van der Waals surface area contributed by atoms with Gasteiger partial charge in [0.2, 0.25) is 0 Å². The third kappa shape index (κ3) is 5.38. The minimum absolute atomic E-state index is 0.208. The van der Waals surface area contributed by atoms with Gasteiger partial charge >= 0.3 is 5.97 Å². The molecule has 1 aromatic carbocycles. The van der Waals surface area contributed by atoms with Crippen LogP contribution in [0.5, 0.6) is 0 Å². The molecular weight excluding hydrogens is 202 g/mol. The lowest BCUT2D eigenvalue weighted by atomic mass is 10.2. The second-order valence-corrected chi connectivity index (χ2v) is 4.51. The SMILES string of the molecule is CC(C)(C)OC(=O)CNCc1c#cccc1. The first-order valence-corrected chi connectivity index (χ1v) is 5.27. The Hall–Kier alpha value is -1.53. The van der Waals surface area contributed by atoms with E-state index in [4.69, 9.17) is 4.74 Å². The van der Waals surface area contributed by atoms with Crippen molar-refractivity contribution >= 4 is 5.97 Å². The molecule has 0 aliphatic rings. The summed E-state index contributed by atoms with van der Waals surface area (Å²) >= 11 is 0. The maximum absolute atomic E-state index is 11.3. The van der Waals surface area contributed by atoms with E-state index in [0.29, 0.717) is 6.54 Å². The quantitative estimate of drug-likeness (QED) is 0.784. The number of ether oxygens (including phenoxy) is 1. The standard InChI is InChI=1S/C13H17NO2/c1-13(2,3)16-12(15)10-14-9-11-7-5-4-6-8-11/h4-5,7,14H,9-10H2,1-3H3. The first-order chi connectivity index (χ1) is 7.47. The summed E-state index contributed by atoms with van der Waals surface area (Å²) in [5, 5.41) is 3.00. The molecule has 1 N–H and O–H groups in total. The van der Waals surface area contributed by atoms with Crippen molar-refractivity contribution in [2.24, 2.45) is 0 Å². The molecule has 0 radical (unpaired) electrons. The summed E-state index contributed by atoms with van der Waals surface area (Å²) in [6.07, 6.45) is 0. The van der Waals surface area contributed by atoms with E-state index in [1.807, 2.05) is 32.9 Å². The van der Waals surface area contributed by atoms with Gasteiger partial charge in [-0.2, -0.15) is 0 Å². The minimum Gasteiger partial charge on any atom is -0.459 e. The van der Waals surface area contributed by atoms with Gasteiger partial charge in [0.05, 0.1) is 6.54 Å². The highest BCUT2D eigenvalue weighted by atomic mass is 16.6. The molecule has 3 nitrogen and oxygen atoms in total. The van der Waals surface area contributed by atoms with Crippen LogP contribution in [0.25, 0.3) is 0 Å². The molecule has 0 bridgehead atoms. The fourth-order valence-electron chi connectivity index (χ4n) is 1.17. The second-order valence-electron chi connectivity index (χ2n) is 4.51. The van der Waals surface area contributed by atoms with E-state index in [1.54, 1.807) is 6.07 Å². The van der Waals surface area contributed by atoms with Gasteiger partial charge in [0.25, 0.3) is 0 Å². The minimum atomic E-state index is -0.425. The molecule has 86 valence electrons. The fourth-order valence-corrected chi connectivity index (χ4v) is 1.17. The second kappa shape index (κ2) is 5.53. The first-order valence-electron chi connectivity index (χ1n) is 5.27. The number of esters is 1. The molecule has 3 heteroatoms. The van der Waals surface area contributed by atoms with Gasteiger partial charge in [0.15, 0.2) is 0 Å². The normalized spacial score (nSPS) is 10.7. The molecule has 0 unspecified atom stereocenters. The van der Waals surface area contributed by atoms with Crippen LogP contribution < -0.4 is 5.32 Å². The number of hydrogen-bond donors (Lipinski definition) is 1. The summed E-state index contributed by atoms with van der Waals surface area (Å²) in [5.41, 5.74) is 0.553. The van der Waals surface area contributed by atoms with Crippen molar-refractivity contribution in [1.29, 1.82) is 0 Å². The predicted molar refractivity (Wildman–Crippen MR) is 61.7 cm³/mol. The molecule has 1 rings (SSSR count). The molecule has 0 aromatic heterocycles. The Kier molecular flexibility index (Phi) is 4.33. The van der Waals surface area contributed by atoms with Crippen molar-refractivity contribution in [2.45, 2.75) is 32.9 Å². The van der Waals surface area contributed by atoms with E-state index in [9.17, 15) is 4.79 Å². The van der Waals surface area contributed by atoms with Crippen molar-refractivity contribution in [3.63, 3.8) is 0 Å². The smallest absolute Gasteiger partial charge is 0.320 e. The topological polar surface area (TPSA) is 38.3 Å². The van der Waals surface area contributed by atoms with Gasteiger partial charge in [0, 0.05) is 12.1 Å². The van der Waals surface area contributed by atoms with E-state index in [1.165, 1.54) is 0 Å². The van der Waals surface area contributed by atoms with Crippen LogP contribution >= 0.6 is 0 Å². The third-order valence-electron chi connectivity index (χ3n) is 1.71. The highest BCUT2D eigenvalue weighted by Gasteiger charge is 2.15. The van der Waals surface area contributed by atoms with Crippen LogP contribution in [0.2, 0.25) is 0 Å². The number of nitrogens with one attached hydrogen (secondary N) is 1. The Bertz CT molecular complexity index is 328. The average Bonchev–Trinajstić information content (AvgIpc) is 2.16. The molecule has 0 fully saturated rings. The van der Waals surface area contributed by atoms with E-state index >= 15 is 0 Å². The summed E-state index contributed by atoms with van der Waals surface area (Å²) in [6, 6.07) is 11.4. The highest BCUT2D eigenvalue weighted by molar-refractivity contribution is 5.72. The van der Waals surface area contributed by atoms with E-state index in [-0.39, 0.29) is 12.5 Å². The van der Waals surface area contributed by atoms with Gasteiger partial charge in [-0.25, -0.2) is 0 Å². The van der Waals surface area contributed by atoms with Crippen LogP contribution in [0.1, 0.15) is 26.3 Å².